The predicted molar refractivity (Wildman–Crippen MR) is 315 cm³/mol. The van der Waals surface area contributed by atoms with Crippen LogP contribution in [0.2, 0.25) is 0 Å². The molecule has 3 heterocycles. The molecular formula is C74H44N2O. The second-order valence-corrected chi connectivity index (χ2v) is 21.4. The van der Waals surface area contributed by atoms with Crippen LogP contribution in [0.25, 0.3) is 93.9 Å². The van der Waals surface area contributed by atoms with E-state index in [-0.39, 0.29) is 0 Å². The number of furan rings is 1. The Kier molecular flexibility index (Phi) is 8.00. The van der Waals surface area contributed by atoms with Gasteiger partial charge in [-0.2, -0.15) is 0 Å². The van der Waals surface area contributed by atoms with Crippen molar-refractivity contribution in [3.63, 3.8) is 0 Å². The Hall–Kier alpha value is -9.96. The summed E-state index contributed by atoms with van der Waals surface area (Å²) in [7, 11) is 0. The lowest BCUT2D eigenvalue weighted by Crippen LogP contribution is -2.33. The van der Waals surface area contributed by atoms with E-state index in [0.717, 1.165) is 50.1 Å². The molecule has 0 N–H and O–H groups in total. The zero-order valence-electron chi connectivity index (χ0n) is 41.7. The van der Waals surface area contributed by atoms with E-state index in [0.29, 0.717) is 0 Å². The molecule has 3 aliphatic carbocycles. The molecule has 77 heavy (non-hydrogen) atoms. The molecule has 356 valence electrons. The topological polar surface area (TPSA) is 21.3 Å². The summed E-state index contributed by atoms with van der Waals surface area (Å²) in [5.41, 5.74) is 28.4. The van der Waals surface area contributed by atoms with Gasteiger partial charge in [0.2, 0.25) is 0 Å². The summed E-state index contributed by atoms with van der Waals surface area (Å²) >= 11 is 0. The first-order valence-corrected chi connectivity index (χ1v) is 26.8. The fraction of sp³-hybridized carbons (Fsp3) is 0.0270. The van der Waals surface area contributed by atoms with Crippen LogP contribution in [0.4, 0.5) is 17.1 Å². The summed E-state index contributed by atoms with van der Waals surface area (Å²) in [6, 6.07) is 100. The number of aromatic nitrogens is 1. The van der Waals surface area contributed by atoms with Crippen LogP contribution < -0.4 is 4.90 Å². The van der Waals surface area contributed by atoms with Crippen molar-refractivity contribution in [2.24, 2.45) is 0 Å². The molecule has 0 saturated heterocycles. The van der Waals surface area contributed by atoms with Crippen molar-refractivity contribution in [2.75, 3.05) is 4.90 Å². The first kappa shape index (κ1) is 41.4. The van der Waals surface area contributed by atoms with Gasteiger partial charge in [0, 0.05) is 38.6 Å². The molecule has 0 saturated carbocycles. The summed E-state index contributed by atoms with van der Waals surface area (Å²) in [5, 5.41) is 4.82. The zero-order valence-corrected chi connectivity index (χ0v) is 41.7. The van der Waals surface area contributed by atoms with Crippen molar-refractivity contribution in [1.82, 2.24) is 4.57 Å². The number of anilines is 3. The summed E-state index contributed by atoms with van der Waals surface area (Å²) in [6.07, 6.45) is 0. The maximum Gasteiger partial charge on any atom is 0.135 e. The molecule has 2 aromatic heterocycles. The van der Waals surface area contributed by atoms with Gasteiger partial charge in [0.05, 0.1) is 27.6 Å². The van der Waals surface area contributed by atoms with Crippen LogP contribution in [-0.4, -0.2) is 4.57 Å². The molecule has 0 amide bonds. The average molecular weight is 977 g/mol. The SMILES string of the molecule is c1ccc2c(c1)-c1ccccc1C21c2ccccc2-c2ccc(N(c3ccc(-c4ccc5oc6ccccc6c5c4)cc3)c3ccc4c(c3)-c3ccccc3C43c4ccccc4-n4c5ccccc5c5cccc3c54)cc21. The molecule has 4 aliphatic rings. The number of nitrogens with zero attached hydrogens (tertiary/aromatic N) is 2. The molecule has 18 rings (SSSR count). The standard InChI is InChI=1S/C74H44N2O/c1-7-23-60-50(16-1)51-17-2-8-24-61(51)73(60)62-25-9-3-18-52(62)54-39-37-49(44-67(54)73)75(47-35-32-45(33-36-47)46-34-41-71-59(42-46)56-21-6-14-31-70(56)77-71)48-38-40-64-58(43-48)53-19-4-10-26-63(53)74(64)65-27-11-13-30-69(65)76-68-29-12-5-20-55(68)57-22-15-28-66(74)72(57)76/h1-44H. The van der Waals surface area contributed by atoms with Crippen LogP contribution >= 0.6 is 0 Å². The van der Waals surface area contributed by atoms with Crippen molar-refractivity contribution in [1.29, 1.82) is 0 Å². The van der Waals surface area contributed by atoms with Gasteiger partial charge in [0.15, 0.2) is 0 Å². The quantitative estimate of drug-likeness (QED) is 0.175. The minimum Gasteiger partial charge on any atom is -0.456 e. The molecule has 1 atom stereocenters. The molecule has 3 heteroatoms. The van der Waals surface area contributed by atoms with Crippen molar-refractivity contribution in [2.45, 2.75) is 10.8 Å². The third-order valence-electron chi connectivity index (χ3n) is 18.0. The highest BCUT2D eigenvalue weighted by Gasteiger charge is 2.53. The van der Waals surface area contributed by atoms with E-state index in [2.05, 4.69) is 264 Å². The number of benzene rings is 12. The van der Waals surface area contributed by atoms with E-state index in [4.69, 9.17) is 4.42 Å². The Morgan fingerprint density at radius 1 is 0.286 bits per heavy atom. The highest BCUT2D eigenvalue weighted by Crippen LogP contribution is 2.65. The Morgan fingerprint density at radius 3 is 1.51 bits per heavy atom. The maximum absolute atomic E-state index is 6.26. The van der Waals surface area contributed by atoms with Gasteiger partial charge in [-0.1, -0.05) is 200 Å². The molecule has 0 bridgehead atoms. The van der Waals surface area contributed by atoms with Gasteiger partial charge in [-0.05, 0) is 156 Å². The number of fused-ring (bicyclic) bond motifs is 25. The van der Waals surface area contributed by atoms with E-state index < -0.39 is 10.8 Å². The van der Waals surface area contributed by atoms with E-state index in [1.807, 2.05) is 12.1 Å². The highest BCUT2D eigenvalue weighted by atomic mass is 16.3. The highest BCUT2D eigenvalue weighted by molar-refractivity contribution is 6.13. The maximum atomic E-state index is 6.26. The van der Waals surface area contributed by atoms with Crippen LogP contribution in [0.5, 0.6) is 0 Å². The largest absolute Gasteiger partial charge is 0.456 e. The van der Waals surface area contributed by atoms with Crippen molar-refractivity contribution < 1.29 is 4.42 Å². The molecule has 0 radical (unpaired) electrons. The van der Waals surface area contributed by atoms with Gasteiger partial charge in [-0.25, -0.2) is 0 Å². The zero-order chi connectivity index (χ0) is 50.1. The number of para-hydroxylation sites is 4. The van der Waals surface area contributed by atoms with E-state index in [9.17, 15) is 0 Å². The van der Waals surface area contributed by atoms with Crippen LogP contribution in [-0.2, 0) is 10.8 Å². The molecule has 0 fully saturated rings. The number of hydrogen-bond donors (Lipinski definition) is 0. The fourth-order valence-corrected chi connectivity index (χ4v) is 15.1. The fourth-order valence-electron chi connectivity index (χ4n) is 15.1. The molecule has 3 nitrogen and oxygen atoms in total. The summed E-state index contributed by atoms with van der Waals surface area (Å²) in [4.78, 5) is 2.50. The van der Waals surface area contributed by atoms with Crippen LogP contribution in [0, 0.1) is 0 Å². The molecule has 12 aromatic carbocycles. The Balaban J connectivity index is 0.876. The van der Waals surface area contributed by atoms with Gasteiger partial charge in [-0.15, -0.1) is 0 Å². The predicted octanol–water partition coefficient (Wildman–Crippen LogP) is 18.8. The lowest BCUT2D eigenvalue weighted by molar-refractivity contribution is 0.669. The average Bonchev–Trinajstić information content (AvgIpc) is 4.21. The van der Waals surface area contributed by atoms with Gasteiger partial charge < -0.3 is 13.9 Å². The second kappa shape index (κ2) is 14.9. The van der Waals surface area contributed by atoms with Crippen molar-refractivity contribution in [3.8, 4) is 50.2 Å². The van der Waals surface area contributed by atoms with E-state index >= 15 is 0 Å². The lowest BCUT2D eigenvalue weighted by atomic mass is 9.65. The van der Waals surface area contributed by atoms with Gasteiger partial charge >= 0.3 is 0 Å². The Labute approximate surface area is 444 Å². The Bertz CT molecular complexity index is 4830. The smallest absolute Gasteiger partial charge is 0.135 e. The minimum absolute atomic E-state index is 0.484. The van der Waals surface area contributed by atoms with Gasteiger partial charge in [-0.3, -0.25) is 0 Å². The van der Waals surface area contributed by atoms with Gasteiger partial charge in [0.1, 0.15) is 11.2 Å². The monoisotopic (exact) mass is 976 g/mol. The third-order valence-corrected chi connectivity index (χ3v) is 18.0. The summed E-state index contributed by atoms with van der Waals surface area (Å²) in [5.74, 6) is 0. The normalized spacial score (nSPS) is 15.4. The van der Waals surface area contributed by atoms with Crippen molar-refractivity contribution in [3.05, 3.63) is 311 Å². The molecule has 1 aliphatic heterocycles. The third kappa shape index (κ3) is 5.12. The lowest BCUT2D eigenvalue weighted by Gasteiger charge is -2.39. The minimum atomic E-state index is -0.548. The number of hydrogen-bond acceptors (Lipinski definition) is 2. The van der Waals surface area contributed by atoms with Crippen LogP contribution in [0.1, 0.15) is 44.5 Å². The molecule has 1 unspecified atom stereocenters. The summed E-state index contributed by atoms with van der Waals surface area (Å²) in [6.45, 7) is 0. The number of rotatable bonds is 4. The molecule has 2 spiro atoms. The van der Waals surface area contributed by atoms with E-state index in [1.165, 1.54) is 105 Å². The van der Waals surface area contributed by atoms with Crippen molar-refractivity contribution >= 4 is 60.8 Å². The summed E-state index contributed by atoms with van der Waals surface area (Å²) < 4.78 is 8.78. The van der Waals surface area contributed by atoms with Crippen LogP contribution in [0.3, 0.4) is 0 Å². The van der Waals surface area contributed by atoms with Crippen LogP contribution in [0.15, 0.2) is 271 Å². The van der Waals surface area contributed by atoms with E-state index in [1.54, 1.807) is 0 Å². The molecular weight excluding hydrogens is 933 g/mol. The Morgan fingerprint density at radius 2 is 0.779 bits per heavy atom. The second-order valence-electron chi connectivity index (χ2n) is 21.4. The van der Waals surface area contributed by atoms with Gasteiger partial charge in [0.25, 0.3) is 0 Å². The first-order chi connectivity index (χ1) is 38.2. The molecule has 14 aromatic rings. The first-order valence-electron chi connectivity index (χ1n) is 26.8.